The van der Waals surface area contributed by atoms with Crippen LogP contribution in [0.1, 0.15) is 45.9 Å². The lowest BCUT2D eigenvalue weighted by atomic mass is 10.0. The number of aryl methyl sites for hydroxylation is 2. The fourth-order valence-corrected chi connectivity index (χ4v) is 4.26. The molecule has 1 heterocycles. The number of amides is 1. The number of carboxylic acid groups (broad SMARTS) is 1. The molecule has 0 aliphatic heterocycles. The van der Waals surface area contributed by atoms with E-state index < -0.39 is 23.3 Å². The number of nitrogens with one attached hydrogen (secondary N) is 1. The summed E-state index contributed by atoms with van der Waals surface area (Å²) in [5.41, 5.74) is 0.783. The third-order valence-corrected chi connectivity index (χ3v) is 6.55. The summed E-state index contributed by atoms with van der Waals surface area (Å²) in [5, 5.41) is 12.5. The molecule has 0 bridgehead atoms. The molecule has 0 atom stereocenters. The lowest BCUT2D eigenvalue weighted by Gasteiger charge is -2.22. The maximum Gasteiger partial charge on any atom is 0.416 e. The van der Waals surface area contributed by atoms with E-state index in [0.717, 1.165) is 34.6 Å². The van der Waals surface area contributed by atoms with Crippen molar-refractivity contribution in [1.29, 1.82) is 0 Å². The Hall–Kier alpha value is -3.40. The first-order valence-corrected chi connectivity index (χ1v) is 11.5. The maximum atomic E-state index is 12.8. The number of nitrogens with zero attached hydrogens (tertiary/aromatic N) is 1. The van der Waals surface area contributed by atoms with Crippen molar-refractivity contribution >= 4 is 23.2 Å². The van der Waals surface area contributed by atoms with Gasteiger partial charge in [-0.05, 0) is 69.5 Å². The van der Waals surface area contributed by atoms with Crippen molar-refractivity contribution in [2.45, 2.75) is 45.9 Å². The monoisotopic (exact) mass is 506 g/mol. The van der Waals surface area contributed by atoms with Crippen LogP contribution in [0.3, 0.4) is 0 Å². The van der Waals surface area contributed by atoms with E-state index in [1.807, 2.05) is 13.0 Å². The minimum Gasteiger partial charge on any atom is -0.478 e. The van der Waals surface area contributed by atoms with E-state index in [9.17, 15) is 27.9 Å². The standard InChI is InChI=1S/C25H25F3N2O4S/c1-14-13-19(34-24(3,4)23(32)33)10-7-16(14)11-12-29-21(31)20-15(2)30-22(35-20)17-5-8-18(9-6-17)25(26,27)28/h5-10,13H,11-12H2,1-4H3,(H,29,31)(H,32,33). The highest BCUT2D eigenvalue weighted by Crippen LogP contribution is 2.33. The van der Waals surface area contributed by atoms with Crippen LogP contribution in [0.15, 0.2) is 42.5 Å². The van der Waals surface area contributed by atoms with Crippen molar-refractivity contribution in [3.63, 3.8) is 0 Å². The molecular weight excluding hydrogens is 481 g/mol. The summed E-state index contributed by atoms with van der Waals surface area (Å²) in [6.45, 7) is 6.85. The molecule has 0 fully saturated rings. The largest absolute Gasteiger partial charge is 0.478 e. The van der Waals surface area contributed by atoms with Gasteiger partial charge in [-0.1, -0.05) is 18.2 Å². The van der Waals surface area contributed by atoms with E-state index in [-0.39, 0.29) is 5.91 Å². The second-order valence-corrected chi connectivity index (χ2v) is 9.52. The zero-order valence-electron chi connectivity index (χ0n) is 19.6. The number of aromatic nitrogens is 1. The molecule has 6 nitrogen and oxygen atoms in total. The average Bonchev–Trinajstić information content (AvgIpc) is 3.16. The molecule has 2 N–H and O–H groups in total. The van der Waals surface area contributed by atoms with E-state index >= 15 is 0 Å². The summed E-state index contributed by atoms with van der Waals surface area (Å²) in [4.78, 5) is 28.7. The van der Waals surface area contributed by atoms with E-state index in [1.165, 1.54) is 26.0 Å². The Balaban J connectivity index is 1.61. The molecule has 1 aromatic heterocycles. The van der Waals surface area contributed by atoms with Gasteiger partial charge < -0.3 is 15.2 Å². The van der Waals surface area contributed by atoms with Gasteiger partial charge in [-0.2, -0.15) is 13.2 Å². The van der Waals surface area contributed by atoms with Gasteiger partial charge >= 0.3 is 12.1 Å². The number of hydrogen-bond donors (Lipinski definition) is 2. The van der Waals surface area contributed by atoms with Gasteiger partial charge in [0.25, 0.3) is 5.91 Å². The topological polar surface area (TPSA) is 88.5 Å². The minimum atomic E-state index is -4.41. The fraction of sp³-hybridized carbons (Fsp3) is 0.320. The molecule has 3 rings (SSSR count). The summed E-state index contributed by atoms with van der Waals surface area (Å²) in [5.74, 6) is -0.931. The smallest absolute Gasteiger partial charge is 0.416 e. The second-order valence-electron chi connectivity index (χ2n) is 8.52. The third-order valence-electron chi connectivity index (χ3n) is 5.34. The van der Waals surface area contributed by atoms with E-state index in [2.05, 4.69) is 10.3 Å². The van der Waals surface area contributed by atoms with Crippen LogP contribution in [-0.4, -0.2) is 34.1 Å². The number of alkyl halides is 3. The SMILES string of the molecule is Cc1cc(OC(C)(C)C(=O)O)ccc1CCNC(=O)c1sc(-c2ccc(C(F)(F)F)cc2)nc1C. The van der Waals surface area contributed by atoms with Gasteiger partial charge in [-0.3, -0.25) is 4.79 Å². The highest BCUT2D eigenvalue weighted by molar-refractivity contribution is 7.17. The summed E-state index contributed by atoms with van der Waals surface area (Å²) in [6.07, 6.45) is -3.87. The second kappa shape index (κ2) is 10.1. The Kier molecular flexibility index (Phi) is 7.54. The lowest BCUT2D eigenvalue weighted by Crippen LogP contribution is -2.37. The van der Waals surface area contributed by atoms with Crippen LogP contribution in [0, 0.1) is 13.8 Å². The van der Waals surface area contributed by atoms with Crippen LogP contribution in [-0.2, 0) is 17.4 Å². The first kappa shape index (κ1) is 26.2. The Morgan fingerprint density at radius 1 is 1.09 bits per heavy atom. The Labute approximate surface area is 204 Å². The molecule has 0 unspecified atom stereocenters. The Morgan fingerprint density at radius 3 is 2.31 bits per heavy atom. The summed E-state index contributed by atoms with van der Waals surface area (Å²) >= 11 is 1.12. The molecule has 3 aromatic rings. The molecule has 10 heteroatoms. The number of carbonyl (C=O) groups excluding carboxylic acids is 1. The van der Waals surface area contributed by atoms with Crippen molar-refractivity contribution in [3.8, 4) is 16.3 Å². The molecular formula is C25H25F3N2O4S. The Bertz CT molecular complexity index is 1230. The predicted octanol–water partition coefficient (Wildman–Crippen LogP) is 5.66. The molecule has 186 valence electrons. The molecule has 35 heavy (non-hydrogen) atoms. The third kappa shape index (κ3) is 6.39. The van der Waals surface area contributed by atoms with Crippen LogP contribution >= 0.6 is 11.3 Å². The van der Waals surface area contributed by atoms with Gasteiger partial charge in [0, 0.05) is 12.1 Å². The first-order chi connectivity index (χ1) is 16.3. The molecule has 0 aliphatic carbocycles. The molecule has 0 radical (unpaired) electrons. The van der Waals surface area contributed by atoms with Crippen molar-refractivity contribution in [1.82, 2.24) is 10.3 Å². The van der Waals surface area contributed by atoms with E-state index in [4.69, 9.17) is 4.74 Å². The maximum absolute atomic E-state index is 12.8. The fourth-order valence-electron chi connectivity index (χ4n) is 3.27. The number of benzene rings is 2. The quantitative estimate of drug-likeness (QED) is 0.412. The minimum absolute atomic E-state index is 0.307. The number of hydrogen-bond acceptors (Lipinski definition) is 5. The van der Waals surface area contributed by atoms with Gasteiger partial charge in [-0.15, -0.1) is 11.3 Å². The summed E-state index contributed by atoms with van der Waals surface area (Å²) in [6, 6.07) is 9.95. The van der Waals surface area contributed by atoms with Crippen molar-refractivity contribution < 1.29 is 32.6 Å². The zero-order chi connectivity index (χ0) is 26.0. The average molecular weight is 507 g/mol. The molecule has 1 amide bonds. The van der Waals surface area contributed by atoms with Gasteiger partial charge in [0.1, 0.15) is 15.6 Å². The van der Waals surface area contributed by atoms with Crippen LogP contribution in [0.25, 0.3) is 10.6 Å². The molecule has 0 spiro atoms. The summed E-state index contributed by atoms with van der Waals surface area (Å²) < 4.78 is 43.9. The Morgan fingerprint density at radius 2 is 1.74 bits per heavy atom. The number of ether oxygens (including phenoxy) is 1. The normalized spacial score (nSPS) is 11.9. The van der Waals surface area contributed by atoms with Crippen LogP contribution in [0.5, 0.6) is 5.75 Å². The van der Waals surface area contributed by atoms with Gasteiger partial charge in [0.05, 0.1) is 11.3 Å². The number of carboxylic acids is 1. The number of aliphatic carboxylic acids is 1. The van der Waals surface area contributed by atoms with Crippen molar-refractivity contribution in [2.24, 2.45) is 0 Å². The van der Waals surface area contributed by atoms with E-state index in [0.29, 0.717) is 39.9 Å². The van der Waals surface area contributed by atoms with Gasteiger partial charge in [-0.25, -0.2) is 9.78 Å². The molecule has 2 aromatic carbocycles. The summed E-state index contributed by atoms with van der Waals surface area (Å²) in [7, 11) is 0. The highest BCUT2D eigenvalue weighted by atomic mass is 32.1. The van der Waals surface area contributed by atoms with Crippen molar-refractivity contribution in [3.05, 3.63) is 69.7 Å². The number of thiazole rings is 1. The molecule has 0 aliphatic rings. The molecule has 0 saturated carbocycles. The first-order valence-electron chi connectivity index (χ1n) is 10.7. The lowest BCUT2D eigenvalue weighted by molar-refractivity contribution is -0.152. The predicted molar refractivity (Wildman–Crippen MR) is 127 cm³/mol. The molecule has 0 saturated heterocycles. The van der Waals surface area contributed by atoms with Crippen LogP contribution in [0.4, 0.5) is 13.2 Å². The number of rotatable bonds is 8. The number of halogens is 3. The zero-order valence-corrected chi connectivity index (χ0v) is 20.4. The van der Waals surface area contributed by atoms with Crippen LogP contribution in [0.2, 0.25) is 0 Å². The van der Waals surface area contributed by atoms with Crippen LogP contribution < -0.4 is 10.1 Å². The van der Waals surface area contributed by atoms with Gasteiger partial charge in [0.2, 0.25) is 0 Å². The highest BCUT2D eigenvalue weighted by Gasteiger charge is 2.30. The number of carbonyl (C=O) groups is 2. The van der Waals surface area contributed by atoms with Crippen molar-refractivity contribution in [2.75, 3.05) is 6.54 Å². The van der Waals surface area contributed by atoms with E-state index in [1.54, 1.807) is 19.1 Å². The van der Waals surface area contributed by atoms with Gasteiger partial charge in [0.15, 0.2) is 5.60 Å².